The number of likely N-dealkylation sites (N-methyl/N-ethyl adjacent to an activating group) is 1. The molecule has 1 saturated heterocycles. The molecular weight excluding hydrogens is 1000 g/mol. The molecule has 16 heteroatoms. The lowest BCUT2D eigenvalue weighted by Gasteiger charge is -2.34. The maximum absolute atomic E-state index is 12.7. The first kappa shape index (κ1) is 60.6. The highest BCUT2D eigenvalue weighted by Gasteiger charge is 2.33. The summed E-state index contributed by atoms with van der Waals surface area (Å²) in [6, 6.07) is 37.7. The number of allylic oxidation sites excluding steroid dienone is 2. The number of carbonyl (C=O) groups is 4. The van der Waals surface area contributed by atoms with E-state index in [-0.39, 0.29) is 42.9 Å². The van der Waals surface area contributed by atoms with Gasteiger partial charge in [-0.2, -0.15) is 0 Å². The molecule has 3 aliphatic rings. The van der Waals surface area contributed by atoms with Crippen LogP contribution in [0.1, 0.15) is 85.3 Å². The number of fused-ring (bicyclic) bond motifs is 1. The van der Waals surface area contributed by atoms with E-state index < -0.39 is 0 Å². The predicted octanol–water partition coefficient (Wildman–Crippen LogP) is 9.06. The van der Waals surface area contributed by atoms with Gasteiger partial charge in [-0.15, -0.1) is 0 Å². The van der Waals surface area contributed by atoms with Gasteiger partial charge in [0.05, 0.1) is 25.5 Å². The van der Waals surface area contributed by atoms with Gasteiger partial charge in [-0.3, -0.25) is 9.59 Å². The van der Waals surface area contributed by atoms with Crippen molar-refractivity contribution in [3.8, 4) is 0 Å². The molecule has 1 heterocycles. The minimum atomic E-state index is -0.389. The number of benzene rings is 5. The van der Waals surface area contributed by atoms with Crippen LogP contribution < -0.4 is 59.3 Å². The third-order valence-corrected chi connectivity index (χ3v) is 14.8. The summed E-state index contributed by atoms with van der Waals surface area (Å²) in [5, 5.41) is 20.7. The molecule has 0 bridgehead atoms. The van der Waals surface area contributed by atoms with Gasteiger partial charge in [-0.1, -0.05) is 119 Å². The van der Waals surface area contributed by atoms with Crippen LogP contribution in [0.25, 0.3) is 11.1 Å². The van der Waals surface area contributed by atoms with E-state index in [1.807, 2.05) is 89.8 Å². The second kappa shape index (κ2) is 31.1. The number of nitrogens with zero attached hydrogens (tertiary/aromatic N) is 2. The molecule has 2 aliphatic carbocycles. The molecule has 80 heavy (non-hydrogen) atoms. The van der Waals surface area contributed by atoms with Crippen LogP contribution in [0.3, 0.4) is 0 Å². The van der Waals surface area contributed by atoms with Crippen molar-refractivity contribution < 1.29 is 19.2 Å². The number of nitrogen functional groups attached to an aromatic ring is 3. The SMILES string of the molecule is C=C(CNC(=C)NCc1ccc(N)cc1)NCC1CCCC1.C=C1c2ccccc2C(=C)C1CC1CCCN(C(=O)CNC(=O)NCc2ccc(N)cc2)C1.CCc1ccc(N(C)C(=O)CNC(=O)NCc2ccc(N)cc2)cc1. The Bertz CT molecular complexity index is 2830. The van der Waals surface area contributed by atoms with Crippen molar-refractivity contribution >= 4 is 57.8 Å². The van der Waals surface area contributed by atoms with E-state index in [0.717, 1.165) is 96.4 Å². The van der Waals surface area contributed by atoms with Gasteiger partial charge in [0.15, 0.2) is 0 Å². The second-order valence-corrected chi connectivity index (χ2v) is 20.8. The monoisotopic (exact) mass is 1080 g/mol. The fourth-order valence-corrected chi connectivity index (χ4v) is 9.82. The molecule has 6 amide bonds. The molecule has 1 aliphatic heterocycles. The summed E-state index contributed by atoms with van der Waals surface area (Å²) in [7, 11) is 1.69. The zero-order chi connectivity index (χ0) is 57.4. The maximum Gasteiger partial charge on any atom is 0.315 e. The molecule has 0 aromatic heterocycles. The molecule has 5 aromatic carbocycles. The zero-order valence-corrected chi connectivity index (χ0v) is 46.9. The standard InChI is InChI=1S/C27H32N4O2.C19H24N4O2.C18H28N4/c1-18-23-7-3-4-8-24(23)19(2)25(18)14-21-6-5-13-31(17-21)26(32)16-30-27(33)29-15-20-9-11-22(28)12-10-20;1-3-14-6-10-17(11-7-14)23(2)18(24)13-22-19(25)21-12-15-4-8-16(20)9-5-15;1-14(20-12-16-5-3-4-6-16)11-21-15(2)22-13-17-7-9-18(19)10-8-17/h3-4,7-12,21,25H,1-2,5-6,13-17,28H2,(H2,29,30,33);4-11H,3,12-13,20H2,1-2H3,(H2,21,22,25);7-10,16,20-22H,1-6,11-13,19H2. The predicted molar refractivity (Wildman–Crippen MR) is 327 cm³/mol. The van der Waals surface area contributed by atoms with Crippen molar-refractivity contribution in [1.82, 2.24) is 42.1 Å². The molecule has 1 unspecified atom stereocenters. The fourth-order valence-electron chi connectivity index (χ4n) is 9.82. The number of carbonyl (C=O) groups excluding carboxylic acids is 4. The molecule has 0 spiro atoms. The number of nitrogens with one attached hydrogen (secondary N) is 7. The average Bonchev–Trinajstić information content (AvgIpc) is 4.16. The molecule has 13 N–H and O–H groups in total. The van der Waals surface area contributed by atoms with Crippen LogP contribution in [0, 0.1) is 17.8 Å². The Balaban J connectivity index is 0.000000199. The van der Waals surface area contributed by atoms with Gasteiger partial charge in [0.2, 0.25) is 11.8 Å². The van der Waals surface area contributed by atoms with Crippen LogP contribution in [0.5, 0.6) is 0 Å². The van der Waals surface area contributed by atoms with Crippen LogP contribution in [0.15, 0.2) is 159 Å². The summed E-state index contributed by atoms with van der Waals surface area (Å²) < 4.78 is 0. The number of nitrogens with two attached hydrogens (primary N) is 3. The lowest BCUT2D eigenvalue weighted by atomic mass is 9.83. The molecule has 424 valence electrons. The number of anilines is 4. The van der Waals surface area contributed by atoms with E-state index in [1.54, 1.807) is 31.3 Å². The highest BCUT2D eigenvalue weighted by molar-refractivity contribution is 5.96. The number of rotatable bonds is 21. The van der Waals surface area contributed by atoms with Gasteiger partial charge in [0.1, 0.15) is 0 Å². The lowest BCUT2D eigenvalue weighted by Crippen LogP contribution is -2.47. The van der Waals surface area contributed by atoms with Crippen molar-refractivity contribution in [2.75, 3.05) is 68.4 Å². The van der Waals surface area contributed by atoms with Gasteiger partial charge in [0, 0.05) is 80.7 Å². The largest absolute Gasteiger partial charge is 0.399 e. The van der Waals surface area contributed by atoms with E-state index in [9.17, 15) is 19.2 Å². The van der Waals surface area contributed by atoms with Crippen LogP contribution in [0.2, 0.25) is 0 Å². The summed E-state index contributed by atoms with van der Waals surface area (Å²) in [5.74, 6) is 2.03. The first-order valence-electron chi connectivity index (χ1n) is 27.8. The third-order valence-electron chi connectivity index (χ3n) is 14.8. The number of hydrogen-bond acceptors (Lipinski definition) is 10. The molecule has 0 radical (unpaired) electrons. The summed E-state index contributed by atoms with van der Waals surface area (Å²) in [4.78, 5) is 52.2. The quantitative estimate of drug-likeness (QED) is 0.0313. The summed E-state index contributed by atoms with van der Waals surface area (Å²) in [6.45, 7) is 23.4. The third kappa shape index (κ3) is 19.7. The number of urea groups is 2. The molecule has 1 atom stereocenters. The number of hydrogen-bond donors (Lipinski definition) is 10. The van der Waals surface area contributed by atoms with Crippen molar-refractivity contribution in [2.45, 2.75) is 77.9 Å². The minimum absolute atomic E-state index is 0.00538. The molecule has 8 rings (SSSR count). The van der Waals surface area contributed by atoms with E-state index in [0.29, 0.717) is 43.5 Å². The van der Waals surface area contributed by atoms with Gasteiger partial charge >= 0.3 is 12.1 Å². The smallest absolute Gasteiger partial charge is 0.315 e. The number of aryl methyl sites for hydroxylation is 1. The van der Waals surface area contributed by atoms with Crippen LogP contribution in [-0.4, -0.2) is 75.1 Å². The Labute approximate surface area is 473 Å². The first-order chi connectivity index (χ1) is 38.5. The summed E-state index contributed by atoms with van der Waals surface area (Å²) in [5.41, 5.74) is 29.9. The van der Waals surface area contributed by atoms with E-state index in [1.165, 1.54) is 52.8 Å². The van der Waals surface area contributed by atoms with Gasteiger partial charge in [-0.25, -0.2) is 9.59 Å². The van der Waals surface area contributed by atoms with Gasteiger partial charge in [0.25, 0.3) is 0 Å². The van der Waals surface area contributed by atoms with Gasteiger partial charge < -0.3 is 64.2 Å². The summed E-state index contributed by atoms with van der Waals surface area (Å²) >= 11 is 0. The molecule has 16 nitrogen and oxygen atoms in total. The Morgan fingerprint density at radius 3 is 1.55 bits per heavy atom. The van der Waals surface area contributed by atoms with Crippen molar-refractivity contribution in [3.63, 3.8) is 0 Å². The number of amides is 6. The molecular formula is C64H84N12O4. The molecule has 2 fully saturated rings. The number of piperidine rings is 1. The highest BCUT2D eigenvalue weighted by Crippen LogP contribution is 2.47. The second-order valence-electron chi connectivity index (χ2n) is 20.8. The van der Waals surface area contributed by atoms with Crippen molar-refractivity contribution in [1.29, 1.82) is 0 Å². The lowest BCUT2D eigenvalue weighted by molar-refractivity contribution is -0.132. The van der Waals surface area contributed by atoms with Crippen LogP contribution in [0.4, 0.5) is 32.3 Å². The average molecular weight is 1090 g/mol. The topological polar surface area (TPSA) is 237 Å². The fraction of sp³-hybridized carbons (Fsp3) is 0.344. The maximum atomic E-state index is 12.7. The van der Waals surface area contributed by atoms with Gasteiger partial charge in [-0.05, 0) is 143 Å². The normalized spacial score (nSPS) is 14.7. The van der Waals surface area contributed by atoms with E-state index in [4.69, 9.17) is 17.2 Å². The molecule has 1 saturated carbocycles. The minimum Gasteiger partial charge on any atom is -0.399 e. The van der Waals surface area contributed by atoms with Crippen molar-refractivity contribution in [2.24, 2.45) is 17.8 Å². The Kier molecular flexibility index (Phi) is 23.5. The van der Waals surface area contributed by atoms with Crippen molar-refractivity contribution in [3.05, 3.63) is 193 Å². The Morgan fingerprint density at radius 2 is 1.04 bits per heavy atom. The molecule has 5 aromatic rings. The Hall–Kier alpha value is -8.66. The summed E-state index contributed by atoms with van der Waals surface area (Å²) in [6.07, 6.45) is 9.42. The van der Waals surface area contributed by atoms with Crippen LogP contribution in [-0.2, 0) is 35.6 Å². The first-order valence-corrected chi connectivity index (χ1v) is 27.8. The number of likely N-dealkylation sites (tertiary alicyclic amines) is 1. The Morgan fingerprint density at radius 1 is 0.562 bits per heavy atom. The van der Waals surface area contributed by atoms with Crippen LogP contribution >= 0.6 is 0 Å². The van der Waals surface area contributed by atoms with E-state index in [2.05, 4.69) is 82.6 Å². The van der Waals surface area contributed by atoms with E-state index >= 15 is 0 Å². The highest BCUT2D eigenvalue weighted by atomic mass is 16.2. The zero-order valence-electron chi connectivity index (χ0n) is 46.9.